The van der Waals surface area contributed by atoms with E-state index in [-0.39, 0.29) is 17.7 Å². The van der Waals surface area contributed by atoms with Crippen LogP contribution in [-0.2, 0) is 4.79 Å². The number of hydrogen-bond donors (Lipinski definition) is 2. The van der Waals surface area contributed by atoms with E-state index in [2.05, 4.69) is 5.16 Å². The number of amides is 1. The Morgan fingerprint density at radius 2 is 2.11 bits per heavy atom. The number of amidine groups is 1. The molecular weight excluding hydrogens is 230 g/mol. The second-order valence-corrected chi connectivity index (χ2v) is 4.21. The highest BCUT2D eigenvalue weighted by atomic mass is 16.4. The van der Waals surface area contributed by atoms with E-state index in [1.807, 2.05) is 19.9 Å². The molecule has 98 valence electrons. The van der Waals surface area contributed by atoms with Gasteiger partial charge in [0.1, 0.15) is 0 Å². The van der Waals surface area contributed by atoms with Gasteiger partial charge in [-0.05, 0) is 18.6 Å². The molecular formula is C13H19N3O2. The molecule has 0 aliphatic heterocycles. The minimum atomic E-state index is -0.0599. The maximum absolute atomic E-state index is 12.1. The molecule has 1 amide bonds. The lowest BCUT2D eigenvalue weighted by Crippen LogP contribution is -2.33. The molecule has 1 aromatic rings. The van der Waals surface area contributed by atoms with Gasteiger partial charge in [-0.15, -0.1) is 0 Å². The van der Waals surface area contributed by atoms with Gasteiger partial charge in [0.05, 0.1) is 5.69 Å². The number of anilines is 1. The molecule has 0 aliphatic rings. The summed E-state index contributed by atoms with van der Waals surface area (Å²) in [5, 5.41) is 11.7. The number of benzene rings is 1. The molecule has 0 aromatic heterocycles. The molecule has 1 aromatic carbocycles. The van der Waals surface area contributed by atoms with Crippen LogP contribution in [0.5, 0.6) is 0 Å². The van der Waals surface area contributed by atoms with Crippen LogP contribution in [0.2, 0.25) is 0 Å². The normalized spacial score (nSPS) is 13.2. The number of carbonyl (C=O) groups is 1. The maximum Gasteiger partial charge on any atom is 0.229 e. The van der Waals surface area contributed by atoms with Gasteiger partial charge in [-0.25, -0.2) is 0 Å². The van der Waals surface area contributed by atoms with Crippen molar-refractivity contribution in [2.45, 2.75) is 20.3 Å². The maximum atomic E-state index is 12.1. The molecule has 0 saturated heterocycles. The first-order valence-electron chi connectivity index (χ1n) is 5.87. The molecule has 1 unspecified atom stereocenters. The van der Waals surface area contributed by atoms with Crippen molar-refractivity contribution in [3.8, 4) is 0 Å². The summed E-state index contributed by atoms with van der Waals surface area (Å²) in [5.74, 6) is -0.0552. The number of carbonyl (C=O) groups excluding carboxylic acids is 1. The Hall–Kier alpha value is -2.04. The number of nitrogens with two attached hydrogens (primary N) is 1. The lowest BCUT2D eigenvalue weighted by Gasteiger charge is -2.23. The van der Waals surface area contributed by atoms with E-state index in [9.17, 15) is 4.79 Å². The van der Waals surface area contributed by atoms with E-state index in [1.54, 1.807) is 30.1 Å². The van der Waals surface area contributed by atoms with Gasteiger partial charge in [-0.2, -0.15) is 0 Å². The van der Waals surface area contributed by atoms with Gasteiger partial charge in [0.15, 0.2) is 5.84 Å². The fourth-order valence-electron chi connectivity index (χ4n) is 1.66. The lowest BCUT2D eigenvalue weighted by molar-refractivity contribution is -0.121. The minimum absolute atomic E-state index is 0.00518. The van der Waals surface area contributed by atoms with Gasteiger partial charge in [-0.3, -0.25) is 4.79 Å². The van der Waals surface area contributed by atoms with Crippen LogP contribution in [0.3, 0.4) is 0 Å². The SMILES string of the molecule is CCC(C)C(=O)N(C)c1ccccc1C(N)=NO. The fraction of sp³-hybridized carbons (Fsp3) is 0.385. The minimum Gasteiger partial charge on any atom is -0.409 e. The van der Waals surface area contributed by atoms with E-state index < -0.39 is 0 Å². The third-order valence-electron chi connectivity index (χ3n) is 3.01. The molecule has 0 fully saturated rings. The Kier molecular flexibility index (Phi) is 4.71. The van der Waals surface area contributed by atoms with Crippen molar-refractivity contribution in [2.24, 2.45) is 16.8 Å². The van der Waals surface area contributed by atoms with Crippen LogP contribution in [0.4, 0.5) is 5.69 Å². The van der Waals surface area contributed by atoms with E-state index in [4.69, 9.17) is 10.9 Å². The predicted molar refractivity (Wildman–Crippen MR) is 71.8 cm³/mol. The van der Waals surface area contributed by atoms with Crippen LogP contribution in [0.15, 0.2) is 29.4 Å². The summed E-state index contributed by atoms with van der Waals surface area (Å²) in [4.78, 5) is 13.7. The number of para-hydroxylation sites is 1. The van der Waals surface area contributed by atoms with Gasteiger partial charge in [-0.1, -0.05) is 31.1 Å². The Labute approximate surface area is 107 Å². The summed E-state index contributed by atoms with van der Waals surface area (Å²) in [6.45, 7) is 3.84. The van der Waals surface area contributed by atoms with E-state index in [1.165, 1.54) is 0 Å². The van der Waals surface area contributed by atoms with Crippen LogP contribution in [0, 0.1) is 5.92 Å². The van der Waals surface area contributed by atoms with E-state index >= 15 is 0 Å². The van der Waals surface area contributed by atoms with E-state index in [0.29, 0.717) is 11.3 Å². The molecule has 5 nitrogen and oxygen atoms in total. The number of rotatable bonds is 4. The third-order valence-corrected chi connectivity index (χ3v) is 3.01. The second-order valence-electron chi connectivity index (χ2n) is 4.21. The molecule has 0 saturated carbocycles. The number of oxime groups is 1. The molecule has 1 atom stereocenters. The summed E-state index contributed by atoms with van der Waals surface area (Å²) in [5.41, 5.74) is 6.78. The highest BCUT2D eigenvalue weighted by molar-refractivity contribution is 6.06. The van der Waals surface area contributed by atoms with Crippen molar-refractivity contribution in [2.75, 3.05) is 11.9 Å². The zero-order valence-electron chi connectivity index (χ0n) is 10.9. The lowest BCUT2D eigenvalue weighted by atomic mass is 10.1. The first kappa shape index (κ1) is 14.0. The first-order chi connectivity index (χ1) is 8.52. The summed E-state index contributed by atoms with van der Waals surface area (Å²) >= 11 is 0. The Balaban J connectivity index is 3.13. The van der Waals surface area contributed by atoms with Crippen molar-refractivity contribution in [1.29, 1.82) is 0 Å². The van der Waals surface area contributed by atoms with Crippen molar-refractivity contribution < 1.29 is 10.0 Å². The molecule has 0 heterocycles. The molecule has 3 N–H and O–H groups in total. The van der Waals surface area contributed by atoms with Gasteiger partial charge in [0, 0.05) is 18.5 Å². The zero-order chi connectivity index (χ0) is 13.7. The van der Waals surface area contributed by atoms with Gasteiger partial charge in [0.2, 0.25) is 5.91 Å². The quantitative estimate of drug-likeness (QED) is 0.369. The monoisotopic (exact) mass is 249 g/mol. The first-order valence-corrected chi connectivity index (χ1v) is 5.87. The number of hydrogen-bond acceptors (Lipinski definition) is 3. The average molecular weight is 249 g/mol. The van der Waals surface area contributed by atoms with Crippen molar-refractivity contribution in [3.63, 3.8) is 0 Å². The van der Waals surface area contributed by atoms with Crippen LogP contribution in [-0.4, -0.2) is 24.0 Å². The standard InChI is InChI=1S/C13H19N3O2/c1-4-9(2)13(17)16(3)11-8-6-5-7-10(11)12(14)15-18/h5-9,18H,4H2,1-3H3,(H2,14,15). The molecule has 0 bridgehead atoms. The highest BCUT2D eigenvalue weighted by Gasteiger charge is 2.20. The van der Waals surface area contributed by atoms with Gasteiger partial charge >= 0.3 is 0 Å². The summed E-state index contributed by atoms with van der Waals surface area (Å²) < 4.78 is 0. The third kappa shape index (κ3) is 2.80. The second kappa shape index (κ2) is 6.05. The average Bonchev–Trinajstić information content (AvgIpc) is 2.43. The Morgan fingerprint density at radius 1 is 1.50 bits per heavy atom. The smallest absolute Gasteiger partial charge is 0.229 e. The molecule has 0 radical (unpaired) electrons. The molecule has 1 rings (SSSR count). The summed E-state index contributed by atoms with van der Waals surface area (Å²) in [6, 6.07) is 7.07. The van der Waals surface area contributed by atoms with Crippen LogP contribution in [0.25, 0.3) is 0 Å². The molecule has 0 spiro atoms. The largest absolute Gasteiger partial charge is 0.409 e. The molecule has 5 heteroatoms. The predicted octanol–water partition coefficient (Wildman–Crippen LogP) is 1.79. The summed E-state index contributed by atoms with van der Waals surface area (Å²) in [7, 11) is 1.69. The number of nitrogens with zero attached hydrogens (tertiary/aromatic N) is 2. The van der Waals surface area contributed by atoms with Crippen molar-refractivity contribution in [1.82, 2.24) is 0 Å². The zero-order valence-corrected chi connectivity index (χ0v) is 10.9. The highest BCUT2D eigenvalue weighted by Crippen LogP contribution is 2.21. The topological polar surface area (TPSA) is 78.9 Å². The summed E-state index contributed by atoms with van der Waals surface area (Å²) in [6.07, 6.45) is 0.773. The Bertz CT molecular complexity index is 457. The van der Waals surface area contributed by atoms with Crippen LogP contribution >= 0.6 is 0 Å². The van der Waals surface area contributed by atoms with Crippen molar-refractivity contribution >= 4 is 17.4 Å². The van der Waals surface area contributed by atoms with Gasteiger partial charge in [0.25, 0.3) is 0 Å². The molecule has 0 aliphatic carbocycles. The van der Waals surface area contributed by atoms with Crippen LogP contribution < -0.4 is 10.6 Å². The van der Waals surface area contributed by atoms with Gasteiger partial charge < -0.3 is 15.8 Å². The Morgan fingerprint density at radius 3 is 2.67 bits per heavy atom. The van der Waals surface area contributed by atoms with Crippen molar-refractivity contribution in [3.05, 3.63) is 29.8 Å². The fourth-order valence-corrected chi connectivity index (χ4v) is 1.66. The molecule has 18 heavy (non-hydrogen) atoms. The van der Waals surface area contributed by atoms with Crippen LogP contribution in [0.1, 0.15) is 25.8 Å². The van der Waals surface area contributed by atoms with E-state index in [0.717, 1.165) is 6.42 Å².